The molecule has 4 rings (SSSR count). The summed E-state index contributed by atoms with van der Waals surface area (Å²) < 4.78 is 0. The first kappa shape index (κ1) is 12.4. The van der Waals surface area contributed by atoms with Gasteiger partial charge < -0.3 is 9.80 Å². The first-order chi connectivity index (χ1) is 9.72. The Bertz CT molecular complexity index is 501. The molecule has 3 nitrogen and oxygen atoms in total. The number of hydrogen-bond acceptors (Lipinski definition) is 2. The summed E-state index contributed by atoms with van der Waals surface area (Å²) in [5.74, 6) is 2.59. The lowest BCUT2D eigenvalue weighted by Gasteiger charge is -2.19. The third-order valence-corrected chi connectivity index (χ3v) is 5.32. The number of amides is 1. The van der Waals surface area contributed by atoms with Crippen LogP contribution in [0.25, 0.3) is 0 Å². The summed E-state index contributed by atoms with van der Waals surface area (Å²) in [6.07, 6.45) is 1.05. The third kappa shape index (κ3) is 2.05. The molecule has 3 fully saturated rings. The van der Waals surface area contributed by atoms with Gasteiger partial charge in [-0.15, -0.1) is 0 Å². The van der Waals surface area contributed by atoms with Crippen LogP contribution in [0.15, 0.2) is 30.3 Å². The smallest absolute Gasteiger partial charge is 0.226 e. The molecular weight excluding hydrogens is 248 g/mol. The molecule has 0 bridgehead atoms. The average Bonchev–Trinajstić information content (AvgIpc) is 3.05. The molecule has 1 saturated carbocycles. The molecule has 1 aliphatic carbocycles. The van der Waals surface area contributed by atoms with E-state index in [0.717, 1.165) is 31.3 Å². The highest BCUT2D eigenvalue weighted by Crippen LogP contribution is 2.49. The summed E-state index contributed by atoms with van der Waals surface area (Å²) >= 11 is 0. The van der Waals surface area contributed by atoms with E-state index >= 15 is 0 Å². The van der Waals surface area contributed by atoms with Crippen molar-refractivity contribution >= 4 is 5.91 Å². The average molecular weight is 270 g/mol. The molecule has 1 aromatic rings. The van der Waals surface area contributed by atoms with Crippen LogP contribution in [0.1, 0.15) is 17.9 Å². The SMILES string of the molecule is CN1C[C@@H]2CN(C(=O)[C@H]3C[C@@H]3c3ccccc3)C[C@@H]2C1. The van der Waals surface area contributed by atoms with Crippen LogP contribution in [-0.4, -0.2) is 48.9 Å². The molecule has 106 valence electrons. The molecule has 3 heteroatoms. The normalized spacial score (nSPS) is 36.1. The van der Waals surface area contributed by atoms with Crippen molar-refractivity contribution in [3.63, 3.8) is 0 Å². The van der Waals surface area contributed by atoms with Crippen LogP contribution in [0.3, 0.4) is 0 Å². The highest BCUT2D eigenvalue weighted by molar-refractivity contribution is 5.83. The standard InChI is InChI=1S/C17H22N2O/c1-18-8-13-10-19(11-14(13)9-18)17(20)16-7-15(16)12-5-3-2-4-6-12/h2-6,13-16H,7-11H2,1H3/t13-,14+,15-,16+/m1/s1. The molecule has 0 N–H and O–H groups in total. The van der Waals surface area contributed by atoms with Crippen molar-refractivity contribution in [1.29, 1.82) is 0 Å². The van der Waals surface area contributed by atoms with Crippen molar-refractivity contribution in [3.8, 4) is 0 Å². The zero-order valence-corrected chi connectivity index (χ0v) is 12.0. The van der Waals surface area contributed by atoms with Gasteiger partial charge >= 0.3 is 0 Å². The molecule has 1 amide bonds. The Labute approximate surface area is 120 Å². The first-order valence-corrected chi connectivity index (χ1v) is 7.74. The summed E-state index contributed by atoms with van der Waals surface area (Å²) in [5, 5.41) is 0. The molecule has 0 unspecified atom stereocenters. The first-order valence-electron chi connectivity index (χ1n) is 7.74. The summed E-state index contributed by atoms with van der Waals surface area (Å²) in [6.45, 7) is 4.32. The quantitative estimate of drug-likeness (QED) is 0.818. The Kier molecular flexibility index (Phi) is 2.84. The van der Waals surface area contributed by atoms with E-state index in [2.05, 4.69) is 41.1 Å². The number of nitrogens with zero attached hydrogens (tertiary/aromatic N) is 2. The zero-order valence-electron chi connectivity index (χ0n) is 12.0. The van der Waals surface area contributed by atoms with E-state index in [9.17, 15) is 4.79 Å². The molecule has 2 heterocycles. The lowest BCUT2D eigenvalue weighted by Crippen LogP contribution is -2.33. The maximum atomic E-state index is 12.6. The number of fused-ring (bicyclic) bond motifs is 1. The van der Waals surface area contributed by atoms with Gasteiger partial charge in [-0.1, -0.05) is 30.3 Å². The maximum absolute atomic E-state index is 12.6. The summed E-state index contributed by atoms with van der Waals surface area (Å²) in [4.78, 5) is 17.2. The third-order valence-electron chi connectivity index (χ3n) is 5.32. The second-order valence-corrected chi connectivity index (χ2v) is 6.84. The van der Waals surface area contributed by atoms with Gasteiger partial charge in [0.25, 0.3) is 0 Å². The summed E-state index contributed by atoms with van der Waals surface area (Å²) in [5.41, 5.74) is 1.34. The molecular formula is C17H22N2O. The van der Waals surface area contributed by atoms with Crippen LogP contribution >= 0.6 is 0 Å². The second-order valence-electron chi connectivity index (χ2n) is 6.84. The van der Waals surface area contributed by atoms with Crippen LogP contribution in [0, 0.1) is 17.8 Å². The van der Waals surface area contributed by atoms with Crippen LogP contribution in [0.4, 0.5) is 0 Å². The molecule has 4 atom stereocenters. The number of likely N-dealkylation sites (tertiary alicyclic amines) is 2. The second kappa shape index (κ2) is 4.59. The monoisotopic (exact) mass is 270 g/mol. The Hall–Kier alpha value is -1.35. The Balaban J connectivity index is 1.39. The Morgan fingerprint density at radius 3 is 2.35 bits per heavy atom. The predicted octanol–water partition coefficient (Wildman–Crippen LogP) is 1.81. The van der Waals surface area contributed by atoms with Crippen LogP contribution in [-0.2, 0) is 4.79 Å². The van der Waals surface area contributed by atoms with Gasteiger partial charge in [0.15, 0.2) is 0 Å². The minimum Gasteiger partial charge on any atom is -0.342 e. The van der Waals surface area contributed by atoms with E-state index in [1.54, 1.807) is 0 Å². The highest BCUT2D eigenvalue weighted by Gasteiger charge is 2.49. The van der Waals surface area contributed by atoms with Gasteiger partial charge in [-0.25, -0.2) is 0 Å². The molecule has 0 spiro atoms. The lowest BCUT2D eigenvalue weighted by molar-refractivity contribution is -0.132. The molecule has 3 aliphatic rings. The zero-order chi connectivity index (χ0) is 13.7. The van der Waals surface area contributed by atoms with Crippen LogP contribution < -0.4 is 0 Å². The van der Waals surface area contributed by atoms with Gasteiger partial charge in [-0.2, -0.15) is 0 Å². The molecule has 0 aromatic heterocycles. The van der Waals surface area contributed by atoms with Crippen LogP contribution in [0.2, 0.25) is 0 Å². The number of hydrogen-bond donors (Lipinski definition) is 0. The van der Waals surface area contributed by atoms with Gasteiger partial charge in [-0.05, 0) is 36.8 Å². The fourth-order valence-electron chi connectivity index (χ4n) is 4.18. The summed E-state index contributed by atoms with van der Waals surface area (Å²) in [7, 11) is 2.19. The minimum absolute atomic E-state index is 0.258. The van der Waals surface area contributed by atoms with Crippen LogP contribution in [0.5, 0.6) is 0 Å². The molecule has 2 aliphatic heterocycles. The van der Waals surface area contributed by atoms with Crippen molar-refractivity contribution in [1.82, 2.24) is 9.80 Å². The molecule has 2 saturated heterocycles. The van der Waals surface area contributed by atoms with Crippen molar-refractivity contribution in [3.05, 3.63) is 35.9 Å². The van der Waals surface area contributed by atoms with Crippen molar-refractivity contribution in [2.45, 2.75) is 12.3 Å². The van der Waals surface area contributed by atoms with Gasteiger partial charge in [0.1, 0.15) is 0 Å². The number of rotatable bonds is 2. The van der Waals surface area contributed by atoms with E-state index in [0.29, 0.717) is 11.8 Å². The summed E-state index contributed by atoms with van der Waals surface area (Å²) in [6, 6.07) is 10.5. The van der Waals surface area contributed by atoms with Crippen molar-refractivity contribution < 1.29 is 4.79 Å². The minimum atomic E-state index is 0.258. The van der Waals surface area contributed by atoms with Crippen molar-refractivity contribution in [2.75, 3.05) is 33.2 Å². The Morgan fingerprint density at radius 1 is 1.05 bits per heavy atom. The van der Waals surface area contributed by atoms with E-state index < -0.39 is 0 Å². The number of benzene rings is 1. The van der Waals surface area contributed by atoms with Gasteiger partial charge in [-0.3, -0.25) is 4.79 Å². The fourth-order valence-corrected chi connectivity index (χ4v) is 4.18. The van der Waals surface area contributed by atoms with Gasteiger partial charge in [0.05, 0.1) is 0 Å². The molecule has 20 heavy (non-hydrogen) atoms. The lowest BCUT2D eigenvalue weighted by atomic mass is 10.0. The molecule has 0 radical (unpaired) electrons. The van der Waals surface area contributed by atoms with E-state index in [4.69, 9.17) is 0 Å². The van der Waals surface area contributed by atoms with Crippen molar-refractivity contribution in [2.24, 2.45) is 17.8 Å². The number of carbonyl (C=O) groups is 1. The predicted molar refractivity (Wildman–Crippen MR) is 78.3 cm³/mol. The highest BCUT2D eigenvalue weighted by atomic mass is 16.2. The Morgan fingerprint density at radius 2 is 1.70 bits per heavy atom. The maximum Gasteiger partial charge on any atom is 0.226 e. The topological polar surface area (TPSA) is 23.6 Å². The van der Waals surface area contributed by atoms with E-state index in [1.165, 1.54) is 18.7 Å². The van der Waals surface area contributed by atoms with E-state index in [-0.39, 0.29) is 5.92 Å². The van der Waals surface area contributed by atoms with Gasteiger partial charge in [0, 0.05) is 32.1 Å². The van der Waals surface area contributed by atoms with Gasteiger partial charge in [0.2, 0.25) is 5.91 Å². The number of carbonyl (C=O) groups excluding carboxylic acids is 1. The molecule has 1 aromatic carbocycles. The largest absolute Gasteiger partial charge is 0.342 e. The van der Waals surface area contributed by atoms with E-state index in [1.807, 2.05) is 6.07 Å². The fraction of sp³-hybridized carbons (Fsp3) is 0.588.